The van der Waals surface area contributed by atoms with E-state index in [1.54, 1.807) is 33.3 Å². The molecule has 2 aromatic heterocycles. The number of ether oxygens (including phenoxy) is 3. The molecule has 0 radical (unpaired) electrons. The van der Waals surface area contributed by atoms with Crippen LogP contribution in [0.4, 0.5) is 5.69 Å². The monoisotopic (exact) mass is 490 g/mol. The fourth-order valence-electron chi connectivity index (χ4n) is 3.81. The summed E-state index contributed by atoms with van der Waals surface area (Å²) in [5.41, 5.74) is 3.06. The number of carbonyl (C=O) groups excluding carboxylic acids is 2. The van der Waals surface area contributed by atoms with Gasteiger partial charge in [0.05, 0.1) is 31.4 Å². The molecular weight excluding hydrogens is 464 g/mol. The maximum atomic E-state index is 13.2. The molecule has 4 rings (SSSR count). The van der Waals surface area contributed by atoms with Crippen LogP contribution in [0.2, 0.25) is 0 Å². The van der Waals surface area contributed by atoms with E-state index in [2.05, 4.69) is 5.32 Å². The molecule has 2 heterocycles. The molecule has 1 amide bonds. The number of carbonyl (C=O) groups is 2. The first-order valence-electron chi connectivity index (χ1n) is 11.1. The summed E-state index contributed by atoms with van der Waals surface area (Å²) in [6.07, 6.45) is 1.85. The van der Waals surface area contributed by atoms with Crippen LogP contribution in [0.5, 0.6) is 11.5 Å². The molecule has 0 aliphatic carbocycles. The summed E-state index contributed by atoms with van der Waals surface area (Å²) in [7, 11) is 3.13. The highest BCUT2D eigenvalue weighted by Gasteiger charge is 2.26. The number of methoxy groups -OCH3 is 2. The summed E-state index contributed by atoms with van der Waals surface area (Å²) in [6.45, 7) is 2.38. The first kappa shape index (κ1) is 24.1. The highest BCUT2D eigenvalue weighted by molar-refractivity contribution is 7.12. The third-order valence-corrected chi connectivity index (χ3v) is 6.29. The van der Waals surface area contributed by atoms with Crippen molar-refractivity contribution in [2.24, 2.45) is 0 Å². The molecule has 2 aromatic carbocycles. The second-order valence-electron chi connectivity index (χ2n) is 7.60. The Morgan fingerprint density at radius 2 is 1.74 bits per heavy atom. The third-order valence-electron chi connectivity index (χ3n) is 5.42. The van der Waals surface area contributed by atoms with E-state index in [1.807, 2.05) is 64.7 Å². The van der Waals surface area contributed by atoms with E-state index in [1.165, 1.54) is 11.3 Å². The van der Waals surface area contributed by atoms with E-state index in [4.69, 9.17) is 14.2 Å². The van der Waals surface area contributed by atoms with E-state index in [9.17, 15) is 9.59 Å². The van der Waals surface area contributed by atoms with E-state index in [0.29, 0.717) is 34.2 Å². The molecule has 0 aliphatic heterocycles. The smallest absolute Gasteiger partial charge is 0.357 e. The Hall–Kier alpha value is -4.04. The molecule has 7 nitrogen and oxygen atoms in total. The van der Waals surface area contributed by atoms with Crippen LogP contribution < -0.4 is 14.8 Å². The number of rotatable bonds is 9. The number of thiophene rings is 1. The van der Waals surface area contributed by atoms with Crippen molar-refractivity contribution in [2.45, 2.75) is 13.5 Å². The molecule has 0 spiro atoms. The summed E-state index contributed by atoms with van der Waals surface area (Å²) in [4.78, 5) is 26.8. The van der Waals surface area contributed by atoms with Gasteiger partial charge in [-0.2, -0.15) is 0 Å². The van der Waals surface area contributed by atoms with E-state index < -0.39 is 5.97 Å². The summed E-state index contributed by atoms with van der Waals surface area (Å²) in [5.74, 6) is 0.296. The first-order chi connectivity index (χ1) is 17.0. The standard InChI is InChI=1S/C27H26N2O5S/c1-4-34-27(31)25-24(28-26(30)23-11-8-14-35-23)20(17-29(25)16-18-9-6-5-7-10-18)19-12-13-21(32-2)22(15-19)33-3/h5-15,17H,4,16H2,1-3H3,(H,28,30). The minimum Gasteiger partial charge on any atom is -0.493 e. The molecular formula is C27H26N2O5S. The average Bonchev–Trinajstić information content (AvgIpc) is 3.53. The largest absolute Gasteiger partial charge is 0.493 e. The number of amides is 1. The van der Waals surface area contributed by atoms with Crippen LogP contribution in [0.1, 0.15) is 32.6 Å². The Labute approximate surface area is 207 Å². The van der Waals surface area contributed by atoms with Gasteiger partial charge < -0.3 is 24.1 Å². The fraction of sp³-hybridized carbons (Fsp3) is 0.185. The maximum absolute atomic E-state index is 13.2. The normalized spacial score (nSPS) is 10.6. The second-order valence-corrected chi connectivity index (χ2v) is 8.55. The van der Waals surface area contributed by atoms with E-state index in [-0.39, 0.29) is 18.2 Å². The van der Waals surface area contributed by atoms with Gasteiger partial charge in [0.15, 0.2) is 17.2 Å². The molecule has 0 fully saturated rings. The van der Waals surface area contributed by atoms with Gasteiger partial charge in [-0.05, 0) is 41.6 Å². The number of aromatic nitrogens is 1. The molecule has 0 unspecified atom stereocenters. The Bertz CT molecular complexity index is 1310. The van der Waals surface area contributed by atoms with Gasteiger partial charge in [0.1, 0.15) is 0 Å². The average molecular weight is 491 g/mol. The molecule has 1 N–H and O–H groups in total. The summed E-state index contributed by atoms with van der Waals surface area (Å²) < 4.78 is 18.1. The van der Waals surface area contributed by atoms with Crippen molar-refractivity contribution in [1.29, 1.82) is 0 Å². The van der Waals surface area contributed by atoms with Crippen molar-refractivity contribution >= 4 is 28.9 Å². The van der Waals surface area contributed by atoms with Crippen LogP contribution in [0.15, 0.2) is 72.2 Å². The van der Waals surface area contributed by atoms with Crippen LogP contribution in [0.3, 0.4) is 0 Å². The lowest BCUT2D eigenvalue weighted by molar-refractivity contribution is 0.0515. The highest BCUT2D eigenvalue weighted by atomic mass is 32.1. The topological polar surface area (TPSA) is 78.8 Å². The second kappa shape index (κ2) is 10.9. The van der Waals surface area contributed by atoms with Gasteiger partial charge in [-0.3, -0.25) is 4.79 Å². The molecule has 8 heteroatoms. The van der Waals surface area contributed by atoms with Crippen molar-refractivity contribution in [3.8, 4) is 22.6 Å². The van der Waals surface area contributed by atoms with Gasteiger partial charge in [-0.1, -0.05) is 42.5 Å². The molecule has 35 heavy (non-hydrogen) atoms. The quantitative estimate of drug-likeness (QED) is 0.304. The molecule has 0 bridgehead atoms. The number of benzene rings is 2. The van der Waals surface area contributed by atoms with Crippen molar-refractivity contribution in [3.63, 3.8) is 0 Å². The minimum absolute atomic E-state index is 0.208. The van der Waals surface area contributed by atoms with Crippen LogP contribution in [-0.2, 0) is 11.3 Å². The minimum atomic E-state index is -0.517. The van der Waals surface area contributed by atoms with Crippen molar-refractivity contribution in [3.05, 3.63) is 88.4 Å². The van der Waals surface area contributed by atoms with Gasteiger partial charge in [0.2, 0.25) is 0 Å². The fourth-order valence-corrected chi connectivity index (χ4v) is 4.43. The Morgan fingerprint density at radius 3 is 2.40 bits per heavy atom. The van der Waals surface area contributed by atoms with Crippen molar-refractivity contribution in [2.75, 3.05) is 26.1 Å². The number of hydrogen-bond donors (Lipinski definition) is 1. The van der Waals surface area contributed by atoms with Gasteiger partial charge in [0.25, 0.3) is 5.91 Å². The number of anilines is 1. The van der Waals surface area contributed by atoms with Crippen LogP contribution >= 0.6 is 11.3 Å². The van der Waals surface area contributed by atoms with Crippen molar-refractivity contribution in [1.82, 2.24) is 4.57 Å². The molecule has 0 saturated heterocycles. The lowest BCUT2D eigenvalue weighted by atomic mass is 10.1. The highest BCUT2D eigenvalue weighted by Crippen LogP contribution is 2.39. The molecule has 0 saturated carbocycles. The molecule has 0 atom stereocenters. The zero-order valence-electron chi connectivity index (χ0n) is 19.7. The first-order valence-corrected chi connectivity index (χ1v) is 11.9. The van der Waals surface area contributed by atoms with Gasteiger partial charge in [-0.25, -0.2) is 4.79 Å². The predicted molar refractivity (Wildman–Crippen MR) is 137 cm³/mol. The van der Waals surface area contributed by atoms with E-state index in [0.717, 1.165) is 11.1 Å². The van der Waals surface area contributed by atoms with Gasteiger partial charge in [-0.15, -0.1) is 11.3 Å². The summed E-state index contributed by atoms with van der Waals surface area (Å²) in [6, 6.07) is 18.8. The third kappa shape index (κ3) is 5.22. The number of hydrogen-bond acceptors (Lipinski definition) is 6. The number of nitrogens with zero attached hydrogens (tertiary/aromatic N) is 1. The Balaban J connectivity index is 1.89. The molecule has 0 aliphatic rings. The number of nitrogens with one attached hydrogen (secondary N) is 1. The van der Waals surface area contributed by atoms with Gasteiger partial charge in [0, 0.05) is 18.3 Å². The maximum Gasteiger partial charge on any atom is 0.357 e. The van der Waals surface area contributed by atoms with E-state index >= 15 is 0 Å². The molecule has 180 valence electrons. The van der Waals surface area contributed by atoms with Crippen molar-refractivity contribution < 1.29 is 23.8 Å². The zero-order chi connectivity index (χ0) is 24.8. The van der Waals surface area contributed by atoms with Crippen LogP contribution in [-0.4, -0.2) is 37.3 Å². The zero-order valence-corrected chi connectivity index (χ0v) is 20.6. The summed E-state index contributed by atoms with van der Waals surface area (Å²) in [5, 5.41) is 4.80. The van der Waals surface area contributed by atoms with Crippen LogP contribution in [0.25, 0.3) is 11.1 Å². The van der Waals surface area contributed by atoms with Crippen LogP contribution in [0, 0.1) is 0 Å². The lowest BCUT2D eigenvalue weighted by Crippen LogP contribution is -2.18. The SMILES string of the molecule is CCOC(=O)c1c(NC(=O)c2cccs2)c(-c2ccc(OC)c(OC)c2)cn1Cc1ccccc1. The van der Waals surface area contributed by atoms with Gasteiger partial charge >= 0.3 is 5.97 Å². The Morgan fingerprint density at radius 1 is 0.971 bits per heavy atom. The Kier molecular flexibility index (Phi) is 7.52. The lowest BCUT2D eigenvalue weighted by Gasteiger charge is -2.13. The summed E-state index contributed by atoms with van der Waals surface area (Å²) >= 11 is 1.33. The predicted octanol–water partition coefficient (Wildman–Crippen LogP) is 5.71. The number of esters is 1. The molecule has 4 aromatic rings.